The van der Waals surface area contributed by atoms with Crippen molar-refractivity contribution in [2.45, 2.75) is 6.54 Å². The lowest BCUT2D eigenvalue weighted by Crippen LogP contribution is -2.23. The van der Waals surface area contributed by atoms with E-state index in [2.05, 4.69) is 10.3 Å². The number of carbonyl (C=O) groups excluding carboxylic acids is 1. The topological polar surface area (TPSA) is 90.4 Å². The van der Waals surface area contributed by atoms with E-state index in [1.54, 1.807) is 31.4 Å². The predicted molar refractivity (Wildman–Crippen MR) is 90.5 cm³/mol. The van der Waals surface area contributed by atoms with E-state index in [-0.39, 0.29) is 11.6 Å². The number of nitrogen functional groups attached to an aromatic ring is 1. The summed E-state index contributed by atoms with van der Waals surface area (Å²) in [5.74, 6) is 0.857. The Kier molecular flexibility index (Phi) is 4.47. The number of amides is 1. The van der Waals surface area contributed by atoms with Gasteiger partial charge >= 0.3 is 0 Å². The van der Waals surface area contributed by atoms with Crippen LogP contribution in [0.4, 0.5) is 5.69 Å². The van der Waals surface area contributed by atoms with Gasteiger partial charge in [-0.2, -0.15) is 0 Å². The van der Waals surface area contributed by atoms with Crippen LogP contribution >= 0.6 is 0 Å². The highest BCUT2D eigenvalue weighted by Crippen LogP contribution is 2.20. The minimum Gasteiger partial charge on any atom is -0.497 e. The fourth-order valence-corrected chi connectivity index (χ4v) is 2.15. The summed E-state index contributed by atoms with van der Waals surface area (Å²) < 4.78 is 10.5. The average Bonchev–Trinajstić information content (AvgIpc) is 3.11. The molecule has 0 bridgehead atoms. The Morgan fingerprint density at radius 2 is 1.88 bits per heavy atom. The molecule has 0 aliphatic heterocycles. The fraction of sp³-hybridized carbons (Fsp3) is 0.111. The molecular formula is C18H17N3O3. The monoisotopic (exact) mass is 323 g/mol. The molecule has 1 aromatic heterocycles. The van der Waals surface area contributed by atoms with Crippen LogP contribution in [0.15, 0.2) is 59.2 Å². The molecule has 2 aromatic carbocycles. The van der Waals surface area contributed by atoms with Crippen LogP contribution in [-0.2, 0) is 6.54 Å². The number of rotatable bonds is 5. The van der Waals surface area contributed by atoms with E-state index in [1.807, 2.05) is 24.3 Å². The number of carbonyl (C=O) groups is 1. The molecule has 0 saturated heterocycles. The standard InChI is InChI=1S/C18H17N3O3/c1-23-15-8-2-12(3-9-15)10-20-17(22)16-11-24-18(21-16)13-4-6-14(19)7-5-13/h2-9,11H,10,19H2,1H3,(H,20,22). The first-order chi connectivity index (χ1) is 11.7. The van der Waals surface area contributed by atoms with Crippen molar-refractivity contribution in [3.05, 3.63) is 66.1 Å². The van der Waals surface area contributed by atoms with E-state index >= 15 is 0 Å². The van der Waals surface area contributed by atoms with Gasteiger partial charge in [0.05, 0.1) is 7.11 Å². The van der Waals surface area contributed by atoms with Crippen LogP contribution in [0.2, 0.25) is 0 Å². The maximum atomic E-state index is 12.2. The first-order valence-corrected chi connectivity index (χ1v) is 7.38. The van der Waals surface area contributed by atoms with Gasteiger partial charge < -0.3 is 20.2 Å². The molecule has 0 aliphatic rings. The molecule has 0 fully saturated rings. The van der Waals surface area contributed by atoms with Crippen molar-refractivity contribution in [1.82, 2.24) is 10.3 Å². The summed E-state index contributed by atoms with van der Waals surface area (Å²) >= 11 is 0. The van der Waals surface area contributed by atoms with Gasteiger partial charge in [-0.1, -0.05) is 12.1 Å². The van der Waals surface area contributed by atoms with E-state index in [9.17, 15) is 4.79 Å². The predicted octanol–water partition coefficient (Wildman–Crippen LogP) is 2.86. The third-order valence-corrected chi connectivity index (χ3v) is 3.51. The quantitative estimate of drug-likeness (QED) is 0.705. The number of ether oxygens (including phenoxy) is 1. The van der Waals surface area contributed by atoms with Gasteiger partial charge in [-0.05, 0) is 42.0 Å². The Labute approximate surface area is 139 Å². The molecule has 0 saturated carbocycles. The molecule has 6 heteroatoms. The molecule has 0 unspecified atom stereocenters. The Morgan fingerprint density at radius 3 is 2.54 bits per heavy atom. The second kappa shape index (κ2) is 6.87. The fourth-order valence-electron chi connectivity index (χ4n) is 2.15. The lowest BCUT2D eigenvalue weighted by molar-refractivity contribution is 0.0946. The number of oxazole rings is 1. The smallest absolute Gasteiger partial charge is 0.273 e. The Balaban J connectivity index is 1.64. The van der Waals surface area contributed by atoms with Crippen molar-refractivity contribution in [3.8, 4) is 17.2 Å². The number of anilines is 1. The Hall–Kier alpha value is -3.28. The number of nitrogens with one attached hydrogen (secondary N) is 1. The third-order valence-electron chi connectivity index (χ3n) is 3.51. The van der Waals surface area contributed by atoms with E-state index < -0.39 is 0 Å². The van der Waals surface area contributed by atoms with Crippen molar-refractivity contribution in [1.29, 1.82) is 0 Å². The van der Waals surface area contributed by atoms with Gasteiger partial charge in [-0.3, -0.25) is 4.79 Å². The molecule has 3 rings (SSSR count). The van der Waals surface area contributed by atoms with E-state index in [4.69, 9.17) is 14.9 Å². The van der Waals surface area contributed by atoms with Crippen molar-refractivity contribution in [2.75, 3.05) is 12.8 Å². The zero-order chi connectivity index (χ0) is 16.9. The molecule has 0 radical (unpaired) electrons. The second-order valence-electron chi connectivity index (χ2n) is 5.19. The summed E-state index contributed by atoms with van der Waals surface area (Å²) in [5, 5.41) is 2.80. The SMILES string of the molecule is COc1ccc(CNC(=O)c2coc(-c3ccc(N)cc3)n2)cc1. The normalized spacial score (nSPS) is 10.4. The average molecular weight is 323 g/mol. The summed E-state index contributed by atoms with van der Waals surface area (Å²) in [6, 6.07) is 14.6. The number of methoxy groups -OCH3 is 1. The van der Waals surface area contributed by atoms with Crippen molar-refractivity contribution in [2.24, 2.45) is 0 Å². The van der Waals surface area contributed by atoms with Gasteiger partial charge in [0, 0.05) is 17.8 Å². The molecule has 6 nitrogen and oxygen atoms in total. The summed E-state index contributed by atoms with van der Waals surface area (Å²) in [6.45, 7) is 0.396. The summed E-state index contributed by atoms with van der Waals surface area (Å²) in [6.07, 6.45) is 1.34. The number of aromatic nitrogens is 1. The Bertz CT molecular complexity index is 823. The van der Waals surface area contributed by atoms with E-state index in [1.165, 1.54) is 6.26 Å². The van der Waals surface area contributed by atoms with Crippen LogP contribution in [0.1, 0.15) is 16.1 Å². The molecule has 0 aliphatic carbocycles. The number of hydrogen-bond donors (Lipinski definition) is 2. The van der Waals surface area contributed by atoms with Gasteiger partial charge in [0.2, 0.25) is 5.89 Å². The van der Waals surface area contributed by atoms with Crippen LogP contribution < -0.4 is 15.8 Å². The van der Waals surface area contributed by atoms with Crippen LogP contribution in [0.25, 0.3) is 11.5 Å². The Morgan fingerprint density at radius 1 is 1.17 bits per heavy atom. The summed E-state index contributed by atoms with van der Waals surface area (Å²) in [5.41, 5.74) is 8.26. The number of nitrogens with two attached hydrogens (primary N) is 1. The summed E-state index contributed by atoms with van der Waals surface area (Å²) in [4.78, 5) is 16.4. The molecule has 0 spiro atoms. The third kappa shape index (κ3) is 3.55. The molecule has 3 aromatic rings. The van der Waals surface area contributed by atoms with Gasteiger partial charge in [-0.15, -0.1) is 0 Å². The summed E-state index contributed by atoms with van der Waals surface area (Å²) in [7, 11) is 1.61. The molecule has 3 N–H and O–H groups in total. The lowest BCUT2D eigenvalue weighted by Gasteiger charge is -2.04. The zero-order valence-electron chi connectivity index (χ0n) is 13.2. The van der Waals surface area contributed by atoms with Crippen molar-refractivity contribution < 1.29 is 13.9 Å². The molecule has 1 amide bonds. The van der Waals surface area contributed by atoms with Gasteiger partial charge in [-0.25, -0.2) is 4.98 Å². The van der Waals surface area contributed by atoms with Crippen molar-refractivity contribution >= 4 is 11.6 Å². The second-order valence-corrected chi connectivity index (χ2v) is 5.19. The highest BCUT2D eigenvalue weighted by molar-refractivity contribution is 5.92. The lowest BCUT2D eigenvalue weighted by atomic mass is 10.2. The molecular weight excluding hydrogens is 306 g/mol. The first kappa shape index (κ1) is 15.6. The highest BCUT2D eigenvalue weighted by Gasteiger charge is 2.13. The van der Waals surface area contributed by atoms with Crippen LogP contribution in [-0.4, -0.2) is 18.0 Å². The maximum Gasteiger partial charge on any atom is 0.273 e. The minimum atomic E-state index is -0.295. The minimum absolute atomic E-state index is 0.232. The van der Waals surface area contributed by atoms with Gasteiger partial charge in [0.25, 0.3) is 5.91 Å². The van der Waals surface area contributed by atoms with E-state index in [0.29, 0.717) is 18.1 Å². The van der Waals surface area contributed by atoms with Crippen LogP contribution in [0.5, 0.6) is 5.75 Å². The van der Waals surface area contributed by atoms with Gasteiger partial charge in [0.1, 0.15) is 12.0 Å². The molecule has 1 heterocycles. The van der Waals surface area contributed by atoms with E-state index in [0.717, 1.165) is 16.9 Å². The zero-order valence-corrected chi connectivity index (χ0v) is 13.2. The molecule has 122 valence electrons. The maximum absolute atomic E-state index is 12.2. The number of hydrogen-bond acceptors (Lipinski definition) is 5. The highest BCUT2D eigenvalue weighted by atomic mass is 16.5. The van der Waals surface area contributed by atoms with Crippen LogP contribution in [0, 0.1) is 0 Å². The molecule has 0 atom stereocenters. The number of benzene rings is 2. The number of nitrogens with zero attached hydrogens (tertiary/aromatic N) is 1. The van der Waals surface area contributed by atoms with Crippen molar-refractivity contribution in [3.63, 3.8) is 0 Å². The van der Waals surface area contributed by atoms with Gasteiger partial charge in [0.15, 0.2) is 5.69 Å². The first-order valence-electron chi connectivity index (χ1n) is 7.38. The van der Waals surface area contributed by atoms with Crippen LogP contribution in [0.3, 0.4) is 0 Å². The molecule has 24 heavy (non-hydrogen) atoms. The largest absolute Gasteiger partial charge is 0.497 e.